The van der Waals surface area contributed by atoms with Gasteiger partial charge in [0.25, 0.3) is 0 Å². The number of hydrogen-bond acceptors (Lipinski definition) is 6. The van der Waals surface area contributed by atoms with Crippen LogP contribution in [-0.4, -0.2) is 44.3 Å². The molecule has 0 saturated carbocycles. The first-order valence-corrected chi connectivity index (χ1v) is 11.9. The van der Waals surface area contributed by atoms with E-state index < -0.39 is 34.8 Å². The SMILES string of the molecule is CCC(Sc1cccc(NC(=O)C2CC=CCC2C(=O)O)c1)C(=O)Nc1ccc(O)c(C(=O)O)c1. The maximum Gasteiger partial charge on any atom is 0.339 e. The highest BCUT2D eigenvalue weighted by molar-refractivity contribution is 8.00. The van der Waals surface area contributed by atoms with Crippen molar-refractivity contribution in [3.63, 3.8) is 0 Å². The van der Waals surface area contributed by atoms with Crippen molar-refractivity contribution < 1.29 is 34.5 Å². The van der Waals surface area contributed by atoms with Gasteiger partial charge in [0.1, 0.15) is 11.3 Å². The van der Waals surface area contributed by atoms with E-state index in [1.807, 2.05) is 13.0 Å². The number of nitrogens with one attached hydrogen (secondary N) is 2. The van der Waals surface area contributed by atoms with E-state index in [4.69, 9.17) is 5.11 Å². The molecule has 0 radical (unpaired) electrons. The van der Waals surface area contributed by atoms with Crippen molar-refractivity contribution >= 4 is 46.9 Å². The van der Waals surface area contributed by atoms with Gasteiger partial charge in [-0.1, -0.05) is 25.1 Å². The van der Waals surface area contributed by atoms with Crippen LogP contribution >= 0.6 is 11.8 Å². The molecule has 1 aliphatic rings. The molecular weight excluding hydrogens is 472 g/mol. The summed E-state index contributed by atoms with van der Waals surface area (Å²) in [5.41, 5.74) is 0.434. The number of rotatable bonds is 9. The summed E-state index contributed by atoms with van der Waals surface area (Å²) in [6.07, 6.45) is 4.73. The molecule has 9 nitrogen and oxygen atoms in total. The molecule has 2 aromatic rings. The van der Waals surface area contributed by atoms with Crippen molar-refractivity contribution in [3.8, 4) is 5.75 Å². The maximum absolute atomic E-state index is 12.8. The molecule has 184 valence electrons. The summed E-state index contributed by atoms with van der Waals surface area (Å²) in [5, 5.41) is 33.2. The van der Waals surface area contributed by atoms with Crippen molar-refractivity contribution in [2.75, 3.05) is 10.6 Å². The van der Waals surface area contributed by atoms with Crippen molar-refractivity contribution in [1.82, 2.24) is 0 Å². The molecule has 0 bridgehead atoms. The number of anilines is 2. The average molecular weight is 499 g/mol. The number of carboxylic acid groups (broad SMARTS) is 2. The summed E-state index contributed by atoms with van der Waals surface area (Å²) >= 11 is 1.28. The molecule has 0 aliphatic heterocycles. The lowest BCUT2D eigenvalue weighted by molar-refractivity contribution is -0.146. The number of phenols is 1. The molecule has 1 aliphatic carbocycles. The molecule has 0 heterocycles. The molecule has 2 amide bonds. The van der Waals surface area contributed by atoms with Crippen LogP contribution in [0.3, 0.4) is 0 Å². The number of carboxylic acids is 2. The third-order valence-electron chi connectivity index (χ3n) is 5.62. The Morgan fingerprint density at radius 2 is 1.66 bits per heavy atom. The number of aromatic hydroxyl groups is 1. The van der Waals surface area contributed by atoms with Crippen LogP contribution in [0, 0.1) is 11.8 Å². The third-order valence-corrected chi connectivity index (χ3v) is 6.98. The fourth-order valence-corrected chi connectivity index (χ4v) is 4.77. The van der Waals surface area contributed by atoms with Gasteiger partial charge in [0.15, 0.2) is 0 Å². The number of aromatic carboxylic acids is 1. The van der Waals surface area contributed by atoms with E-state index in [9.17, 15) is 29.4 Å². The minimum atomic E-state index is -1.31. The molecule has 0 fully saturated rings. The Balaban J connectivity index is 1.67. The van der Waals surface area contributed by atoms with Gasteiger partial charge in [-0.2, -0.15) is 0 Å². The molecule has 3 rings (SSSR count). The Kier molecular flexibility index (Phi) is 8.53. The number of carbonyl (C=O) groups excluding carboxylic acids is 2. The second-order valence-corrected chi connectivity index (χ2v) is 9.33. The van der Waals surface area contributed by atoms with Crippen molar-refractivity contribution in [2.24, 2.45) is 11.8 Å². The van der Waals surface area contributed by atoms with Crippen LogP contribution in [0.4, 0.5) is 11.4 Å². The summed E-state index contributed by atoms with van der Waals surface area (Å²) < 4.78 is 0. The fourth-order valence-electron chi connectivity index (χ4n) is 3.75. The zero-order chi connectivity index (χ0) is 25.5. The van der Waals surface area contributed by atoms with Gasteiger partial charge in [-0.3, -0.25) is 14.4 Å². The largest absolute Gasteiger partial charge is 0.507 e. The van der Waals surface area contributed by atoms with Crippen LogP contribution in [0.25, 0.3) is 0 Å². The van der Waals surface area contributed by atoms with Gasteiger partial charge in [0, 0.05) is 16.3 Å². The summed E-state index contributed by atoms with van der Waals surface area (Å²) in [7, 11) is 0. The molecule has 0 spiro atoms. The van der Waals surface area contributed by atoms with E-state index >= 15 is 0 Å². The molecule has 10 heteroatoms. The maximum atomic E-state index is 12.8. The van der Waals surface area contributed by atoms with Gasteiger partial charge >= 0.3 is 11.9 Å². The Morgan fingerprint density at radius 1 is 0.971 bits per heavy atom. The van der Waals surface area contributed by atoms with Crippen molar-refractivity contribution in [3.05, 3.63) is 60.2 Å². The van der Waals surface area contributed by atoms with Gasteiger partial charge < -0.3 is 26.0 Å². The quantitative estimate of drug-likeness (QED) is 0.196. The van der Waals surface area contributed by atoms with Crippen molar-refractivity contribution in [2.45, 2.75) is 36.3 Å². The summed E-state index contributed by atoms with van der Waals surface area (Å²) in [6.45, 7) is 1.84. The smallest absolute Gasteiger partial charge is 0.339 e. The Morgan fingerprint density at radius 3 is 2.31 bits per heavy atom. The highest BCUT2D eigenvalue weighted by Crippen LogP contribution is 2.31. The van der Waals surface area contributed by atoms with Crippen LogP contribution in [0.2, 0.25) is 0 Å². The van der Waals surface area contributed by atoms with Crippen LogP contribution in [0.15, 0.2) is 59.5 Å². The predicted octanol–water partition coefficient (Wildman–Crippen LogP) is 4.21. The molecule has 0 aromatic heterocycles. The van der Waals surface area contributed by atoms with E-state index in [2.05, 4.69) is 10.6 Å². The van der Waals surface area contributed by atoms with E-state index in [1.54, 1.807) is 30.3 Å². The van der Waals surface area contributed by atoms with Gasteiger partial charge in [-0.05, 0) is 55.7 Å². The Bertz CT molecular complexity index is 1160. The number of carbonyl (C=O) groups is 4. The predicted molar refractivity (Wildman–Crippen MR) is 132 cm³/mol. The minimum Gasteiger partial charge on any atom is -0.507 e. The van der Waals surface area contributed by atoms with E-state index in [-0.39, 0.29) is 23.1 Å². The zero-order valence-corrected chi connectivity index (χ0v) is 19.7. The van der Waals surface area contributed by atoms with Gasteiger partial charge in [-0.15, -0.1) is 11.8 Å². The Labute approximate surface area is 206 Å². The average Bonchev–Trinajstić information content (AvgIpc) is 2.83. The first-order chi connectivity index (χ1) is 16.7. The summed E-state index contributed by atoms with van der Waals surface area (Å²) in [4.78, 5) is 49.0. The topological polar surface area (TPSA) is 153 Å². The fraction of sp³-hybridized carbons (Fsp3) is 0.280. The lowest BCUT2D eigenvalue weighted by atomic mass is 9.82. The van der Waals surface area contributed by atoms with E-state index in [0.717, 1.165) is 4.90 Å². The number of benzene rings is 2. The monoisotopic (exact) mass is 498 g/mol. The molecule has 2 aromatic carbocycles. The van der Waals surface area contributed by atoms with Crippen LogP contribution in [0.5, 0.6) is 5.75 Å². The van der Waals surface area contributed by atoms with E-state index in [0.29, 0.717) is 24.9 Å². The van der Waals surface area contributed by atoms with Gasteiger partial charge in [0.05, 0.1) is 17.1 Å². The summed E-state index contributed by atoms with van der Waals surface area (Å²) in [5.74, 6) is -4.84. The molecule has 3 atom stereocenters. The highest BCUT2D eigenvalue weighted by Gasteiger charge is 2.34. The number of amides is 2. The van der Waals surface area contributed by atoms with Gasteiger partial charge in [0.2, 0.25) is 11.8 Å². The number of allylic oxidation sites excluding steroid dienone is 2. The van der Waals surface area contributed by atoms with Crippen LogP contribution in [0.1, 0.15) is 36.5 Å². The molecular formula is C25H26N2O7S. The normalized spacial score (nSPS) is 17.9. The zero-order valence-electron chi connectivity index (χ0n) is 18.9. The van der Waals surface area contributed by atoms with Gasteiger partial charge in [-0.25, -0.2) is 4.79 Å². The first-order valence-electron chi connectivity index (χ1n) is 11.0. The third kappa shape index (κ3) is 6.63. The molecule has 5 N–H and O–H groups in total. The minimum absolute atomic E-state index is 0.250. The molecule has 35 heavy (non-hydrogen) atoms. The second-order valence-electron chi connectivity index (χ2n) is 8.05. The number of thioether (sulfide) groups is 1. The van der Waals surface area contributed by atoms with Crippen LogP contribution in [-0.2, 0) is 14.4 Å². The highest BCUT2D eigenvalue weighted by atomic mass is 32.2. The molecule has 3 unspecified atom stereocenters. The number of hydrogen-bond donors (Lipinski definition) is 5. The van der Waals surface area contributed by atoms with E-state index in [1.165, 1.54) is 30.0 Å². The molecule has 0 saturated heterocycles. The van der Waals surface area contributed by atoms with Crippen LogP contribution < -0.4 is 10.6 Å². The summed E-state index contributed by atoms with van der Waals surface area (Å²) in [6, 6.07) is 10.7. The lowest BCUT2D eigenvalue weighted by Gasteiger charge is -2.24. The lowest BCUT2D eigenvalue weighted by Crippen LogP contribution is -2.34. The van der Waals surface area contributed by atoms with Crippen molar-refractivity contribution in [1.29, 1.82) is 0 Å². The second kappa shape index (κ2) is 11.6. The standard InChI is InChI=1S/C25H26N2O7S/c1-2-21(23(30)27-15-10-11-20(28)19(13-15)25(33)34)35-16-7-5-6-14(12-16)26-22(29)17-8-3-4-9-18(17)24(31)32/h3-7,10-13,17-18,21,28H,2,8-9H2,1H3,(H,26,29)(H,27,30)(H,31,32)(H,33,34). The number of aliphatic carboxylic acids is 1. The Hall–Kier alpha value is -3.79. The first kappa shape index (κ1) is 25.8.